The zero-order valence-corrected chi connectivity index (χ0v) is 16.0. The number of carbonyl (C=O) groups excluding carboxylic acids is 1. The van der Waals surface area contributed by atoms with Crippen LogP contribution in [0.1, 0.15) is 44.4 Å². The molecule has 0 bridgehead atoms. The molecule has 2 heterocycles. The Bertz CT molecular complexity index is 977. The first-order valence-corrected chi connectivity index (χ1v) is 9.04. The van der Waals surface area contributed by atoms with E-state index in [0.717, 1.165) is 22.5 Å². The van der Waals surface area contributed by atoms with Gasteiger partial charge in [-0.3, -0.25) is 9.89 Å². The second-order valence-corrected chi connectivity index (χ2v) is 6.69. The number of para-hydroxylation sites is 2. The number of rotatable bonds is 4. The molecule has 1 aromatic heterocycles. The van der Waals surface area contributed by atoms with E-state index in [1.165, 1.54) is 0 Å². The molecule has 7 nitrogen and oxygen atoms in total. The van der Waals surface area contributed by atoms with Crippen LogP contribution in [0.25, 0.3) is 6.08 Å². The molecule has 1 aliphatic heterocycles. The van der Waals surface area contributed by atoms with E-state index in [4.69, 9.17) is 4.74 Å². The summed E-state index contributed by atoms with van der Waals surface area (Å²) < 4.78 is 6.80. The number of benzene rings is 1. The highest BCUT2D eigenvalue weighted by atomic mass is 16.5. The molecular formula is C20H24N4O3. The molecule has 1 aromatic carbocycles. The molecule has 1 aliphatic rings. The highest BCUT2D eigenvalue weighted by Gasteiger charge is 2.22. The normalized spacial score (nSPS) is 12.6. The molecule has 2 aromatic rings. The first-order valence-electron chi connectivity index (χ1n) is 9.04. The van der Waals surface area contributed by atoms with Crippen molar-refractivity contribution in [1.82, 2.24) is 15.1 Å². The molecule has 0 saturated carbocycles. The van der Waals surface area contributed by atoms with E-state index in [1.807, 2.05) is 57.0 Å². The predicted octanol–water partition coefficient (Wildman–Crippen LogP) is 3.25. The van der Waals surface area contributed by atoms with Gasteiger partial charge in [-0.05, 0) is 24.5 Å². The lowest BCUT2D eigenvalue weighted by atomic mass is 10.1. The van der Waals surface area contributed by atoms with Crippen molar-refractivity contribution in [2.45, 2.75) is 33.1 Å². The van der Waals surface area contributed by atoms with Crippen LogP contribution in [0.4, 0.5) is 10.5 Å². The van der Waals surface area contributed by atoms with E-state index >= 15 is 0 Å². The van der Waals surface area contributed by atoms with Gasteiger partial charge in [-0.15, -0.1) is 0 Å². The van der Waals surface area contributed by atoms with Gasteiger partial charge in [0.15, 0.2) is 5.75 Å². The van der Waals surface area contributed by atoms with Crippen LogP contribution in [0, 0.1) is 0 Å². The first kappa shape index (κ1) is 18.6. The van der Waals surface area contributed by atoms with E-state index in [9.17, 15) is 9.59 Å². The molecular weight excluding hydrogens is 344 g/mol. The Hall–Kier alpha value is -3.18. The number of fused-ring (bicyclic) bond motifs is 1. The molecule has 0 aliphatic carbocycles. The van der Waals surface area contributed by atoms with Gasteiger partial charge in [0.25, 0.3) is 5.56 Å². The second kappa shape index (κ2) is 7.60. The Morgan fingerprint density at radius 2 is 2.11 bits per heavy atom. The lowest BCUT2D eigenvalue weighted by molar-refractivity contribution is 0.238. The molecule has 0 fully saturated rings. The zero-order chi connectivity index (χ0) is 19.6. The molecule has 1 amide bonds. The largest absolute Gasteiger partial charge is 0.432 e. The number of hydrogen-bond acceptors (Lipinski definition) is 4. The molecule has 2 N–H and O–H groups in total. The van der Waals surface area contributed by atoms with Gasteiger partial charge in [0, 0.05) is 25.4 Å². The second-order valence-electron chi connectivity index (χ2n) is 6.69. The van der Waals surface area contributed by atoms with E-state index < -0.39 is 11.6 Å². The summed E-state index contributed by atoms with van der Waals surface area (Å²) in [6, 6.07) is 7.20. The number of aromatic amines is 1. The Morgan fingerprint density at radius 1 is 1.37 bits per heavy atom. The van der Waals surface area contributed by atoms with Crippen molar-refractivity contribution in [3.05, 3.63) is 57.5 Å². The van der Waals surface area contributed by atoms with Crippen LogP contribution < -0.4 is 20.5 Å². The smallest absolute Gasteiger partial charge is 0.343 e. The number of aromatic nitrogens is 2. The topological polar surface area (TPSA) is 79.4 Å². The molecule has 0 atom stereocenters. The Kier molecular flexibility index (Phi) is 5.23. The SMILES string of the molecule is CCCNC(=O)n1[nH]c(C(C)C)c(C=C=C2Oc3ccccc3N2C)c1=O. The quantitative estimate of drug-likeness (QED) is 0.812. The number of nitrogens with zero attached hydrogens (tertiary/aromatic N) is 2. The third kappa shape index (κ3) is 3.55. The minimum Gasteiger partial charge on any atom is -0.432 e. The highest BCUT2D eigenvalue weighted by Crippen LogP contribution is 2.36. The number of H-pyrrole nitrogens is 1. The molecule has 27 heavy (non-hydrogen) atoms. The minimum atomic E-state index is -0.460. The fourth-order valence-corrected chi connectivity index (χ4v) is 2.86. The maximum absolute atomic E-state index is 12.7. The molecule has 0 spiro atoms. The van der Waals surface area contributed by atoms with Crippen molar-refractivity contribution >= 4 is 17.8 Å². The van der Waals surface area contributed by atoms with Gasteiger partial charge in [-0.1, -0.05) is 38.6 Å². The summed E-state index contributed by atoms with van der Waals surface area (Å²) in [5, 5.41) is 5.62. The Labute approximate surface area is 157 Å². The van der Waals surface area contributed by atoms with Crippen LogP contribution in [0.5, 0.6) is 5.75 Å². The Balaban J connectivity index is 2.00. The van der Waals surface area contributed by atoms with E-state index in [2.05, 4.69) is 16.1 Å². The summed E-state index contributed by atoms with van der Waals surface area (Å²) in [4.78, 5) is 26.8. The summed E-state index contributed by atoms with van der Waals surface area (Å²) in [5.41, 5.74) is 4.66. The molecule has 3 rings (SSSR count). The fourth-order valence-electron chi connectivity index (χ4n) is 2.86. The summed E-state index contributed by atoms with van der Waals surface area (Å²) >= 11 is 0. The molecule has 0 radical (unpaired) electrons. The van der Waals surface area contributed by atoms with Crippen molar-refractivity contribution in [3.8, 4) is 5.75 Å². The number of nitrogens with one attached hydrogen (secondary N) is 2. The van der Waals surface area contributed by atoms with Crippen molar-refractivity contribution in [2.24, 2.45) is 0 Å². The van der Waals surface area contributed by atoms with Crippen molar-refractivity contribution < 1.29 is 9.53 Å². The van der Waals surface area contributed by atoms with Crippen LogP contribution in [0.3, 0.4) is 0 Å². The molecule has 0 unspecified atom stereocenters. The van der Waals surface area contributed by atoms with Gasteiger partial charge in [0.05, 0.1) is 11.3 Å². The van der Waals surface area contributed by atoms with Crippen LogP contribution in [0.2, 0.25) is 0 Å². The van der Waals surface area contributed by atoms with Gasteiger partial charge in [-0.25, -0.2) is 4.79 Å². The van der Waals surface area contributed by atoms with Crippen LogP contribution in [0.15, 0.2) is 40.7 Å². The lowest BCUT2D eigenvalue weighted by Crippen LogP contribution is -2.36. The average molecular weight is 368 g/mol. The van der Waals surface area contributed by atoms with Gasteiger partial charge >= 0.3 is 6.03 Å². The lowest BCUT2D eigenvalue weighted by Gasteiger charge is -2.07. The van der Waals surface area contributed by atoms with Gasteiger partial charge < -0.3 is 15.0 Å². The monoisotopic (exact) mass is 368 g/mol. The van der Waals surface area contributed by atoms with E-state index in [0.29, 0.717) is 23.7 Å². The van der Waals surface area contributed by atoms with Crippen molar-refractivity contribution in [2.75, 3.05) is 18.5 Å². The highest BCUT2D eigenvalue weighted by molar-refractivity contribution is 5.76. The van der Waals surface area contributed by atoms with Crippen molar-refractivity contribution in [3.63, 3.8) is 0 Å². The van der Waals surface area contributed by atoms with Crippen LogP contribution >= 0.6 is 0 Å². The molecule has 142 valence electrons. The van der Waals surface area contributed by atoms with E-state index in [1.54, 1.807) is 6.08 Å². The number of anilines is 1. The number of carbonyl (C=O) groups is 1. The first-order chi connectivity index (χ1) is 12.9. The zero-order valence-electron chi connectivity index (χ0n) is 16.0. The number of hydrogen-bond donors (Lipinski definition) is 2. The average Bonchev–Trinajstić information content (AvgIpc) is 3.15. The van der Waals surface area contributed by atoms with Gasteiger partial charge in [0.2, 0.25) is 5.88 Å². The summed E-state index contributed by atoms with van der Waals surface area (Å²) in [5.74, 6) is 1.27. The summed E-state index contributed by atoms with van der Waals surface area (Å²) in [6.07, 6.45) is 2.37. The number of ether oxygens (including phenoxy) is 1. The fraction of sp³-hybridized carbons (Fsp3) is 0.350. The maximum atomic E-state index is 12.7. The third-order valence-corrected chi connectivity index (χ3v) is 4.34. The van der Waals surface area contributed by atoms with Crippen LogP contribution in [-0.4, -0.2) is 29.4 Å². The third-order valence-electron chi connectivity index (χ3n) is 4.34. The summed E-state index contributed by atoms with van der Waals surface area (Å²) in [6.45, 7) is 6.37. The minimum absolute atomic E-state index is 0.0374. The maximum Gasteiger partial charge on any atom is 0.343 e. The van der Waals surface area contributed by atoms with E-state index in [-0.39, 0.29) is 5.92 Å². The number of amides is 1. The van der Waals surface area contributed by atoms with Gasteiger partial charge in [0.1, 0.15) is 0 Å². The van der Waals surface area contributed by atoms with Gasteiger partial charge in [-0.2, -0.15) is 4.68 Å². The Morgan fingerprint density at radius 3 is 2.78 bits per heavy atom. The van der Waals surface area contributed by atoms with Crippen LogP contribution in [-0.2, 0) is 0 Å². The molecule has 0 saturated heterocycles. The molecule has 7 heteroatoms. The van der Waals surface area contributed by atoms with Crippen molar-refractivity contribution in [1.29, 1.82) is 0 Å². The standard InChI is InChI=1S/C20H24N4O3/c1-5-12-21-20(26)24-19(25)14(18(22-24)13(2)3)10-11-17-23(4)15-8-6-7-9-16(15)27-17/h6-10,13,22H,5,12H2,1-4H3,(H,21,26). The predicted molar refractivity (Wildman–Crippen MR) is 105 cm³/mol. The summed E-state index contributed by atoms with van der Waals surface area (Å²) in [7, 11) is 1.87.